The molecule has 5 aromatic heterocycles. The molecule has 12 rings (SSSR count). The molecule has 12 aromatic rings. The van der Waals surface area contributed by atoms with Crippen molar-refractivity contribution in [3.05, 3.63) is 211 Å². The van der Waals surface area contributed by atoms with E-state index in [0.29, 0.717) is 46.6 Å². The molecule has 0 aliphatic heterocycles. The molecule has 0 aliphatic carbocycles. The lowest BCUT2D eigenvalue weighted by Gasteiger charge is -2.17. The fourth-order valence-electron chi connectivity index (χ4n) is 9.27. The fourth-order valence-corrected chi connectivity index (χ4v) is 9.27. The van der Waals surface area contributed by atoms with Crippen LogP contribution in [0.5, 0.6) is 0 Å². The molecule has 0 amide bonds. The van der Waals surface area contributed by atoms with Crippen LogP contribution in [-0.4, -0.2) is 54.4 Å². The number of nitrogens with zero attached hydrogens (tertiary/aromatic N) is 11. The molecule has 5 heterocycles. The van der Waals surface area contributed by atoms with Crippen LogP contribution in [-0.2, 0) is 0 Å². The number of hydrogen-bond donors (Lipinski definition) is 0. The second-order valence-electron chi connectivity index (χ2n) is 17.4. The molecule has 0 spiro atoms. The first kappa shape index (κ1) is 42.8. The van der Waals surface area contributed by atoms with Crippen LogP contribution in [0.4, 0.5) is 0 Å². The van der Waals surface area contributed by atoms with Crippen molar-refractivity contribution in [1.29, 1.82) is 0 Å². The van der Waals surface area contributed by atoms with Crippen molar-refractivity contribution < 1.29 is 0 Å². The van der Waals surface area contributed by atoms with Crippen molar-refractivity contribution in [3.8, 4) is 96.3 Å². The van der Waals surface area contributed by atoms with Gasteiger partial charge >= 0.3 is 0 Å². The van der Waals surface area contributed by atoms with Crippen molar-refractivity contribution in [2.75, 3.05) is 0 Å². The molecule has 11 heteroatoms. The first-order valence-corrected chi connectivity index (χ1v) is 23.4. The van der Waals surface area contributed by atoms with Crippen LogP contribution >= 0.6 is 0 Å². The lowest BCUT2D eigenvalue weighted by molar-refractivity contribution is 0.928. The highest BCUT2D eigenvalue weighted by atomic mass is 15.0. The van der Waals surface area contributed by atoms with E-state index in [1.165, 1.54) is 0 Å². The van der Waals surface area contributed by atoms with E-state index in [9.17, 15) is 0 Å². The van der Waals surface area contributed by atoms with Gasteiger partial charge in [0.05, 0.1) is 39.5 Å². The highest BCUT2D eigenvalue weighted by molar-refractivity contribution is 6.11. The molecule has 0 N–H and O–H groups in total. The monoisotopic (exact) mass is 917 g/mol. The molecule has 7 aromatic carbocycles. The quantitative estimate of drug-likeness (QED) is 0.138. The summed E-state index contributed by atoms with van der Waals surface area (Å²) >= 11 is 0. The van der Waals surface area contributed by atoms with Gasteiger partial charge in [0, 0.05) is 55.3 Å². The maximum Gasteiger partial charge on any atom is 0.163 e. The summed E-state index contributed by atoms with van der Waals surface area (Å²) in [5.41, 5.74) is 13.1. The Morgan fingerprint density at radius 2 is 0.592 bits per heavy atom. The van der Waals surface area contributed by atoms with E-state index in [2.05, 4.69) is 130 Å². The zero-order valence-corrected chi connectivity index (χ0v) is 39.3. The Bertz CT molecular complexity index is 3710. The first-order valence-electron chi connectivity index (χ1n) is 23.4. The second kappa shape index (κ2) is 17.9. The molecule has 338 valence electrons. The SMILES string of the molecule is Cc1nc(C)nc(-c2ccc3c4ccc(-c5nc(C)nc(C)n5)cc4n(-c4ccc(-c5nc(-c6ccccc6)cc(-c6ccccc6)n5)cc4-c4nc(-c5ccccc5)cc(-c5ccccc5)n4)c3c2)n1. The van der Waals surface area contributed by atoms with Crippen molar-refractivity contribution in [1.82, 2.24) is 54.4 Å². The van der Waals surface area contributed by atoms with Crippen LogP contribution in [0, 0.1) is 27.7 Å². The number of rotatable bonds is 9. The third-order valence-electron chi connectivity index (χ3n) is 12.5. The normalized spacial score (nSPS) is 11.4. The molecular weight excluding hydrogens is 875 g/mol. The van der Waals surface area contributed by atoms with Gasteiger partial charge in [0.1, 0.15) is 23.3 Å². The molecule has 0 saturated heterocycles. The Hall–Kier alpha value is -9.48. The van der Waals surface area contributed by atoms with Gasteiger partial charge < -0.3 is 4.57 Å². The number of hydrogen-bond acceptors (Lipinski definition) is 10. The van der Waals surface area contributed by atoms with Crippen LogP contribution in [0.25, 0.3) is 118 Å². The van der Waals surface area contributed by atoms with Crippen molar-refractivity contribution in [2.24, 2.45) is 0 Å². The van der Waals surface area contributed by atoms with Gasteiger partial charge in [-0.3, -0.25) is 0 Å². The zero-order valence-electron chi connectivity index (χ0n) is 39.3. The van der Waals surface area contributed by atoms with Crippen LogP contribution in [0.1, 0.15) is 23.3 Å². The van der Waals surface area contributed by atoms with E-state index in [1.54, 1.807) is 0 Å². The van der Waals surface area contributed by atoms with E-state index in [-0.39, 0.29) is 0 Å². The maximum atomic E-state index is 5.45. The van der Waals surface area contributed by atoms with E-state index in [1.807, 2.05) is 100 Å². The minimum absolute atomic E-state index is 0.527. The van der Waals surface area contributed by atoms with Crippen LogP contribution in [0.3, 0.4) is 0 Å². The minimum Gasteiger partial charge on any atom is -0.308 e. The Balaban J connectivity index is 1.18. The topological polar surface area (TPSA) is 134 Å². The maximum absolute atomic E-state index is 5.45. The van der Waals surface area contributed by atoms with Gasteiger partial charge in [-0.05, 0) is 70.2 Å². The summed E-state index contributed by atoms with van der Waals surface area (Å²) in [6, 6.07) is 64.2. The summed E-state index contributed by atoms with van der Waals surface area (Å²) in [4.78, 5) is 49.6. The van der Waals surface area contributed by atoms with Gasteiger partial charge in [-0.1, -0.05) is 146 Å². The summed E-state index contributed by atoms with van der Waals surface area (Å²) < 4.78 is 2.29. The number of benzene rings is 7. The minimum atomic E-state index is 0.527. The lowest BCUT2D eigenvalue weighted by atomic mass is 10.0. The Kier molecular flexibility index (Phi) is 10.8. The highest BCUT2D eigenvalue weighted by Gasteiger charge is 2.23. The fraction of sp³-hybridized carbons (Fsp3) is 0.0667. The predicted octanol–water partition coefficient (Wildman–Crippen LogP) is 13.3. The van der Waals surface area contributed by atoms with Gasteiger partial charge in [0.15, 0.2) is 23.3 Å². The van der Waals surface area contributed by atoms with Crippen LogP contribution in [0.15, 0.2) is 188 Å². The third-order valence-corrected chi connectivity index (χ3v) is 12.5. The lowest BCUT2D eigenvalue weighted by Crippen LogP contribution is -2.04. The van der Waals surface area contributed by atoms with Crippen LogP contribution < -0.4 is 0 Å². The Morgan fingerprint density at radius 1 is 0.268 bits per heavy atom. The molecular formula is C60H43N11. The summed E-state index contributed by atoms with van der Waals surface area (Å²) in [5, 5.41) is 2.07. The standard InChI is InChI=1S/C60H43N11/c1-36-61-37(2)64-57(63-36)45-25-28-47-48-29-26-46(58-65-38(3)62-39(4)66-58)33-56(48)71(55(47)32-45)54-30-27-44(59-67-50(40-17-9-5-10-18-40)34-51(68-59)41-19-11-6-12-20-41)31-49(54)60-69-52(42-21-13-7-14-22-42)35-53(70-60)43-23-15-8-16-24-43/h5-35H,1-4H3. The summed E-state index contributed by atoms with van der Waals surface area (Å²) in [6.45, 7) is 7.57. The van der Waals surface area contributed by atoms with E-state index in [0.717, 1.165) is 94.8 Å². The van der Waals surface area contributed by atoms with Gasteiger partial charge in [-0.2, -0.15) is 0 Å². The second-order valence-corrected chi connectivity index (χ2v) is 17.4. The molecule has 11 nitrogen and oxygen atoms in total. The Morgan fingerprint density at radius 3 is 0.972 bits per heavy atom. The predicted molar refractivity (Wildman–Crippen MR) is 281 cm³/mol. The molecule has 0 atom stereocenters. The van der Waals surface area contributed by atoms with Crippen molar-refractivity contribution in [2.45, 2.75) is 27.7 Å². The zero-order chi connectivity index (χ0) is 48.0. The van der Waals surface area contributed by atoms with Gasteiger partial charge in [-0.25, -0.2) is 49.8 Å². The van der Waals surface area contributed by atoms with Gasteiger partial charge in [-0.15, -0.1) is 0 Å². The summed E-state index contributed by atoms with van der Waals surface area (Å²) in [6.07, 6.45) is 0. The molecule has 0 bridgehead atoms. The van der Waals surface area contributed by atoms with Crippen molar-refractivity contribution in [3.63, 3.8) is 0 Å². The van der Waals surface area contributed by atoms with E-state index < -0.39 is 0 Å². The third kappa shape index (κ3) is 8.35. The molecule has 0 unspecified atom stereocenters. The smallest absolute Gasteiger partial charge is 0.163 e. The Labute approximate surface area is 409 Å². The highest BCUT2D eigenvalue weighted by Crippen LogP contribution is 2.41. The van der Waals surface area contributed by atoms with Gasteiger partial charge in [0.25, 0.3) is 0 Å². The molecule has 71 heavy (non-hydrogen) atoms. The first-order chi connectivity index (χ1) is 34.8. The van der Waals surface area contributed by atoms with E-state index in [4.69, 9.17) is 39.9 Å². The van der Waals surface area contributed by atoms with Crippen molar-refractivity contribution >= 4 is 21.8 Å². The van der Waals surface area contributed by atoms with Gasteiger partial charge in [0.2, 0.25) is 0 Å². The molecule has 0 fully saturated rings. The average Bonchev–Trinajstić information content (AvgIpc) is 3.73. The molecule has 0 radical (unpaired) electrons. The number of fused-ring (bicyclic) bond motifs is 3. The summed E-state index contributed by atoms with van der Waals surface area (Å²) in [7, 11) is 0. The number of aryl methyl sites for hydroxylation is 4. The van der Waals surface area contributed by atoms with E-state index >= 15 is 0 Å². The largest absolute Gasteiger partial charge is 0.308 e. The number of aromatic nitrogens is 11. The summed E-state index contributed by atoms with van der Waals surface area (Å²) in [5.74, 6) is 4.88. The molecule has 0 aliphatic rings. The average molecular weight is 918 g/mol. The van der Waals surface area contributed by atoms with Crippen LogP contribution in [0.2, 0.25) is 0 Å². The molecule has 0 saturated carbocycles.